The van der Waals surface area contributed by atoms with E-state index in [0.717, 1.165) is 0 Å². The van der Waals surface area contributed by atoms with E-state index in [0.29, 0.717) is 0 Å². The molecule has 0 unspecified atom stereocenters. The highest BCUT2D eigenvalue weighted by atomic mass is 16.4. The molecule has 2 bridgehead atoms. The van der Waals surface area contributed by atoms with Gasteiger partial charge in [-0.25, -0.2) is 0 Å². The van der Waals surface area contributed by atoms with Crippen LogP contribution in [0.15, 0.2) is 0 Å². The van der Waals surface area contributed by atoms with Gasteiger partial charge >= 0.3 is 5.97 Å². The molecule has 0 spiro atoms. The second-order valence-electron chi connectivity index (χ2n) is 4.17. The third-order valence-electron chi connectivity index (χ3n) is 3.61. The number of hydrogen-bond acceptors (Lipinski definition) is 5. The molecule has 6 nitrogen and oxygen atoms in total. The first kappa shape index (κ1) is 9.85. The summed E-state index contributed by atoms with van der Waals surface area (Å²) in [5.41, 5.74) is 3.75. The lowest BCUT2D eigenvalue weighted by atomic mass is 9.77. The summed E-state index contributed by atoms with van der Waals surface area (Å²) < 4.78 is 0. The van der Waals surface area contributed by atoms with Crippen molar-refractivity contribution >= 4 is 5.97 Å². The van der Waals surface area contributed by atoms with Crippen LogP contribution >= 0.6 is 0 Å². The predicted molar refractivity (Wildman–Crippen MR) is 44.2 cm³/mol. The molecule has 0 aromatic heterocycles. The maximum atomic E-state index is 10.9. The highest BCUT2D eigenvalue weighted by Gasteiger charge is 2.67. The molecule has 2 aliphatic carbocycles. The van der Waals surface area contributed by atoms with Crippen molar-refractivity contribution in [3.05, 3.63) is 0 Å². The molecule has 14 heavy (non-hydrogen) atoms. The zero-order chi connectivity index (χ0) is 10.7. The molecule has 0 amide bonds. The van der Waals surface area contributed by atoms with Gasteiger partial charge < -0.3 is 26.2 Å². The van der Waals surface area contributed by atoms with Gasteiger partial charge in [0.25, 0.3) is 0 Å². The van der Waals surface area contributed by atoms with Crippen LogP contribution in [0, 0.1) is 11.8 Å². The standard InChI is InChI=1S/C8H13NO5/c9-8(7(13)14)3-1-2(6(8)12)4(10)5(3)11/h2-6,10-12H,1,9H2,(H,13,14)/t2-,3+,4+,5-,6+,8-/m0/s1. The molecular weight excluding hydrogens is 190 g/mol. The van der Waals surface area contributed by atoms with Crippen LogP contribution in [0.3, 0.4) is 0 Å². The third kappa shape index (κ3) is 0.864. The van der Waals surface area contributed by atoms with Gasteiger partial charge in [0.2, 0.25) is 0 Å². The van der Waals surface area contributed by atoms with E-state index in [2.05, 4.69) is 0 Å². The topological polar surface area (TPSA) is 124 Å². The van der Waals surface area contributed by atoms with E-state index in [1.807, 2.05) is 0 Å². The highest BCUT2D eigenvalue weighted by molar-refractivity contribution is 5.81. The molecule has 0 radical (unpaired) electrons. The molecule has 2 rings (SSSR count). The molecule has 2 aliphatic rings. The normalized spacial score (nSPS) is 56.4. The zero-order valence-corrected chi connectivity index (χ0v) is 7.37. The lowest BCUT2D eigenvalue weighted by Crippen LogP contribution is -2.66. The average Bonchev–Trinajstić information content (AvgIpc) is 2.54. The van der Waals surface area contributed by atoms with Crippen LogP contribution in [0.5, 0.6) is 0 Å². The Morgan fingerprint density at radius 2 is 1.86 bits per heavy atom. The van der Waals surface area contributed by atoms with Crippen LogP contribution < -0.4 is 5.73 Å². The van der Waals surface area contributed by atoms with Crippen molar-refractivity contribution < 1.29 is 25.2 Å². The lowest BCUT2D eigenvalue weighted by Gasteiger charge is -2.38. The minimum Gasteiger partial charge on any atom is -0.480 e. The van der Waals surface area contributed by atoms with Gasteiger partial charge in [-0.3, -0.25) is 4.79 Å². The third-order valence-corrected chi connectivity index (χ3v) is 3.61. The fourth-order valence-electron chi connectivity index (χ4n) is 2.72. The summed E-state index contributed by atoms with van der Waals surface area (Å²) in [5.74, 6) is -2.73. The van der Waals surface area contributed by atoms with Crippen LogP contribution in [-0.4, -0.2) is 50.2 Å². The van der Waals surface area contributed by atoms with Crippen molar-refractivity contribution in [2.45, 2.75) is 30.3 Å². The van der Waals surface area contributed by atoms with Crippen molar-refractivity contribution in [3.8, 4) is 0 Å². The number of carboxylic acid groups (broad SMARTS) is 1. The number of nitrogens with two attached hydrogens (primary N) is 1. The summed E-state index contributed by atoms with van der Waals surface area (Å²) in [6.45, 7) is 0. The second-order valence-corrected chi connectivity index (χ2v) is 4.17. The van der Waals surface area contributed by atoms with Gasteiger partial charge in [-0.15, -0.1) is 0 Å². The molecule has 0 aromatic carbocycles. The molecular formula is C8H13NO5. The van der Waals surface area contributed by atoms with Crippen molar-refractivity contribution in [2.24, 2.45) is 17.6 Å². The van der Waals surface area contributed by atoms with E-state index >= 15 is 0 Å². The SMILES string of the molecule is N[C@]1(C(=O)O)[C@H](O)[C@H]2C[C@@H]1[C@H](O)[C@@H]2O. The first-order valence-corrected chi connectivity index (χ1v) is 4.47. The summed E-state index contributed by atoms with van der Waals surface area (Å²) in [5, 5.41) is 37.4. The Kier molecular flexibility index (Phi) is 1.87. The second kappa shape index (κ2) is 2.66. The first-order chi connectivity index (χ1) is 6.40. The number of aliphatic hydroxyl groups excluding tert-OH is 3. The molecule has 80 valence electrons. The molecule has 0 saturated heterocycles. The summed E-state index contributed by atoms with van der Waals surface area (Å²) in [4.78, 5) is 10.9. The first-order valence-electron chi connectivity index (χ1n) is 4.47. The maximum Gasteiger partial charge on any atom is 0.326 e. The largest absolute Gasteiger partial charge is 0.480 e. The van der Waals surface area contributed by atoms with Gasteiger partial charge in [-0.2, -0.15) is 0 Å². The van der Waals surface area contributed by atoms with E-state index in [9.17, 15) is 20.1 Å². The van der Waals surface area contributed by atoms with Gasteiger partial charge in [0.05, 0.1) is 18.3 Å². The van der Waals surface area contributed by atoms with E-state index in [4.69, 9.17) is 10.8 Å². The van der Waals surface area contributed by atoms with Gasteiger partial charge in [0.15, 0.2) is 0 Å². The Morgan fingerprint density at radius 3 is 2.29 bits per heavy atom. The number of rotatable bonds is 1. The summed E-state index contributed by atoms with van der Waals surface area (Å²) in [6, 6.07) is 0. The molecule has 0 aliphatic heterocycles. The molecule has 6 N–H and O–H groups in total. The number of hydrogen-bond donors (Lipinski definition) is 5. The van der Waals surface area contributed by atoms with Crippen LogP contribution in [-0.2, 0) is 4.79 Å². The minimum atomic E-state index is -1.82. The molecule has 0 heterocycles. The molecule has 2 fully saturated rings. The van der Waals surface area contributed by atoms with E-state index < -0.39 is 41.7 Å². The van der Waals surface area contributed by atoms with Gasteiger partial charge in [0.1, 0.15) is 5.54 Å². The van der Waals surface area contributed by atoms with Crippen molar-refractivity contribution in [2.75, 3.05) is 0 Å². The molecule has 2 saturated carbocycles. The Morgan fingerprint density at radius 1 is 1.29 bits per heavy atom. The average molecular weight is 203 g/mol. The Bertz CT molecular complexity index is 283. The minimum absolute atomic E-state index is 0.256. The fraction of sp³-hybridized carbons (Fsp3) is 0.875. The van der Waals surface area contributed by atoms with Gasteiger partial charge in [-0.1, -0.05) is 0 Å². The predicted octanol–water partition coefficient (Wildman–Crippen LogP) is -2.50. The van der Waals surface area contributed by atoms with Crippen molar-refractivity contribution in [1.29, 1.82) is 0 Å². The molecule has 6 atom stereocenters. The lowest BCUT2D eigenvalue weighted by molar-refractivity contribution is -0.160. The fourth-order valence-corrected chi connectivity index (χ4v) is 2.72. The van der Waals surface area contributed by atoms with Crippen molar-refractivity contribution in [3.63, 3.8) is 0 Å². The van der Waals surface area contributed by atoms with E-state index in [1.54, 1.807) is 0 Å². The van der Waals surface area contributed by atoms with E-state index in [-0.39, 0.29) is 6.42 Å². The summed E-state index contributed by atoms with van der Waals surface area (Å²) in [6.07, 6.45) is -3.24. The van der Waals surface area contributed by atoms with Crippen LogP contribution in [0.1, 0.15) is 6.42 Å². The van der Waals surface area contributed by atoms with Gasteiger partial charge in [0, 0.05) is 11.8 Å². The smallest absolute Gasteiger partial charge is 0.326 e. The number of fused-ring (bicyclic) bond motifs is 2. The van der Waals surface area contributed by atoms with Crippen LogP contribution in [0.4, 0.5) is 0 Å². The zero-order valence-electron chi connectivity index (χ0n) is 7.37. The Balaban J connectivity index is 2.37. The maximum absolute atomic E-state index is 10.9. The molecule has 6 heteroatoms. The quantitative estimate of drug-likeness (QED) is 0.321. The number of aliphatic carboxylic acids is 1. The number of carbonyl (C=O) groups is 1. The monoisotopic (exact) mass is 203 g/mol. The summed E-state index contributed by atoms with van der Waals surface area (Å²) in [7, 11) is 0. The highest BCUT2D eigenvalue weighted by Crippen LogP contribution is 2.49. The molecule has 0 aromatic rings. The summed E-state index contributed by atoms with van der Waals surface area (Å²) >= 11 is 0. The van der Waals surface area contributed by atoms with Gasteiger partial charge in [-0.05, 0) is 6.42 Å². The number of aliphatic hydroxyl groups is 3. The van der Waals surface area contributed by atoms with Crippen LogP contribution in [0.2, 0.25) is 0 Å². The Hall–Kier alpha value is -0.690. The van der Waals surface area contributed by atoms with Crippen molar-refractivity contribution in [1.82, 2.24) is 0 Å². The van der Waals surface area contributed by atoms with E-state index in [1.165, 1.54) is 0 Å². The van der Waals surface area contributed by atoms with Crippen LogP contribution in [0.25, 0.3) is 0 Å². The number of carboxylic acids is 1. The Labute approximate surface area is 80.0 Å².